The smallest absolute Gasteiger partial charge is 0.227 e. The van der Waals surface area contributed by atoms with Crippen LogP contribution in [0.25, 0.3) is 0 Å². The molecule has 2 N–H and O–H groups in total. The van der Waals surface area contributed by atoms with Crippen molar-refractivity contribution in [1.29, 1.82) is 0 Å². The normalized spacial score (nSPS) is 18.6. The quantitative estimate of drug-likeness (QED) is 0.912. The van der Waals surface area contributed by atoms with Gasteiger partial charge in [-0.3, -0.25) is 4.79 Å². The minimum atomic E-state index is 0. The van der Waals surface area contributed by atoms with Crippen LogP contribution in [0.4, 0.5) is 0 Å². The molecule has 0 spiro atoms. The lowest BCUT2D eigenvalue weighted by Crippen LogP contribution is -2.32. The van der Waals surface area contributed by atoms with Crippen LogP contribution in [-0.2, 0) is 11.2 Å². The molecule has 0 saturated carbocycles. The van der Waals surface area contributed by atoms with Gasteiger partial charge in [0.1, 0.15) is 0 Å². The summed E-state index contributed by atoms with van der Waals surface area (Å²) in [4.78, 5) is 13.8. The van der Waals surface area contributed by atoms with E-state index in [1.54, 1.807) is 23.1 Å². The number of carbonyl (C=O) groups excluding carboxylic acids is 1. The molecule has 1 heterocycles. The van der Waals surface area contributed by atoms with Gasteiger partial charge in [-0.2, -0.15) is 0 Å². The molecular formula is C12H15Cl3N2O. The molecule has 0 bridgehead atoms. The fraction of sp³-hybridized carbons (Fsp3) is 0.417. The predicted molar refractivity (Wildman–Crippen MR) is 76.6 cm³/mol. The molecular weight excluding hydrogens is 295 g/mol. The monoisotopic (exact) mass is 308 g/mol. The minimum absolute atomic E-state index is 0. The van der Waals surface area contributed by atoms with Crippen LogP contribution in [0.15, 0.2) is 18.2 Å². The number of likely N-dealkylation sites (tertiary alicyclic amines) is 1. The lowest BCUT2D eigenvalue weighted by atomic mass is 10.1. The number of rotatable bonds is 2. The fourth-order valence-electron chi connectivity index (χ4n) is 2.01. The van der Waals surface area contributed by atoms with Gasteiger partial charge in [-0.15, -0.1) is 12.4 Å². The Morgan fingerprint density at radius 1 is 1.33 bits per heavy atom. The largest absolute Gasteiger partial charge is 0.341 e. The zero-order valence-corrected chi connectivity index (χ0v) is 12.1. The first-order valence-electron chi connectivity index (χ1n) is 5.53. The molecule has 1 atom stereocenters. The molecule has 18 heavy (non-hydrogen) atoms. The van der Waals surface area contributed by atoms with Gasteiger partial charge in [0.2, 0.25) is 5.91 Å². The molecule has 0 aromatic heterocycles. The maximum atomic E-state index is 12.0. The topological polar surface area (TPSA) is 46.3 Å². The average molecular weight is 310 g/mol. The van der Waals surface area contributed by atoms with E-state index in [0.29, 0.717) is 23.0 Å². The Bertz CT molecular complexity index is 419. The molecule has 1 aromatic rings. The van der Waals surface area contributed by atoms with Crippen molar-refractivity contribution in [2.45, 2.75) is 18.9 Å². The van der Waals surface area contributed by atoms with E-state index in [-0.39, 0.29) is 24.4 Å². The lowest BCUT2D eigenvalue weighted by molar-refractivity contribution is -0.129. The molecule has 0 aliphatic carbocycles. The van der Waals surface area contributed by atoms with Crippen LogP contribution in [0, 0.1) is 0 Å². The third kappa shape index (κ3) is 4.02. The van der Waals surface area contributed by atoms with Crippen LogP contribution in [-0.4, -0.2) is 29.9 Å². The number of halogens is 3. The Balaban J connectivity index is 0.00000162. The molecule has 1 aliphatic rings. The van der Waals surface area contributed by atoms with E-state index >= 15 is 0 Å². The van der Waals surface area contributed by atoms with E-state index in [4.69, 9.17) is 28.9 Å². The van der Waals surface area contributed by atoms with Crippen LogP contribution >= 0.6 is 35.6 Å². The molecule has 1 amide bonds. The van der Waals surface area contributed by atoms with Gasteiger partial charge in [0.05, 0.1) is 6.42 Å². The first-order chi connectivity index (χ1) is 8.04. The second-order valence-electron chi connectivity index (χ2n) is 4.34. The Morgan fingerprint density at radius 2 is 1.94 bits per heavy atom. The summed E-state index contributed by atoms with van der Waals surface area (Å²) in [6.07, 6.45) is 1.20. The number of nitrogens with zero attached hydrogens (tertiary/aromatic N) is 1. The highest BCUT2D eigenvalue weighted by Gasteiger charge is 2.23. The third-order valence-corrected chi connectivity index (χ3v) is 3.29. The SMILES string of the molecule is Cl.N[C@@H]1CCN(C(=O)Cc2cc(Cl)cc(Cl)c2)C1. The predicted octanol–water partition coefficient (Wildman–Crippen LogP) is 2.52. The van der Waals surface area contributed by atoms with Crippen molar-refractivity contribution >= 4 is 41.5 Å². The van der Waals surface area contributed by atoms with Gasteiger partial charge < -0.3 is 10.6 Å². The van der Waals surface area contributed by atoms with Gasteiger partial charge >= 0.3 is 0 Å². The maximum absolute atomic E-state index is 12.0. The molecule has 0 radical (unpaired) electrons. The molecule has 2 rings (SSSR count). The number of hydrogen-bond acceptors (Lipinski definition) is 2. The van der Waals surface area contributed by atoms with Gasteiger partial charge in [0.25, 0.3) is 0 Å². The lowest BCUT2D eigenvalue weighted by Gasteiger charge is -2.15. The highest BCUT2D eigenvalue weighted by molar-refractivity contribution is 6.34. The van der Waals surface area contributed by atoms with E-state index in [2.05, 4.69) is 0 Å². The summed E-state index contributed by atoms with van der Waals surface area (Å²) >= 11 is 11.8. The van der Waals surface area contributed by atoms with Crippen molar-refractivity contribution in [2.75, 3.05) is 13.1 Å². The van der Waals surface area contributed by atoms with Crippen LogP contribution in [0.2, 0.25) is 10.0 Å². The second kappa shape index (κ2) is 6.62. The fourth-order valence-corrected chi connectivity index (χ4v) is 2.58. The first kappa shape index (κ1) is 15.6. The summed E-state index contributed by atoms with van der Waals surface area (Å²) in [6, 6.07) is 5.30. The van der Waals surface area contributed by atoms with Gasteiger partial charge in [0, 0.05) is 29.2 Å². The van der Waals surface area contributed by atoms with Crippen LogP contribution < -0.4 is 5.73 Å². The molecule has 1 saturated heterocycles. The first-order valence-corrected chi connectivity index (χ1v) is 6.28. The third-order valence-electron chi connectivity index (χ3n) is 2.86. The van der Waals surface area contributed by atoms with Gasteiger partial charge in [0.15, 0.2) is 0 Å². The maximum Gasteiger partial charge on any atom is 0.227 e. The molecule has 1 aliphatic heterocycles. The van der Waals surface area contributed by atoms with E-state index in [1.807, 2.05) is 0 Å². The number of benzene rings is 1. The van der Waals surface area contributed by atoms with Gasteiger partial charge in [-0.1, -0.05) is 23.2 Å². The van der Waals surface area contributed by atoms with E-state index in [1.165, 1.54) is 0 Å². The zero-order valence-electron chi connectivity index (χ0n) is 9.73. The Morgan fingerprint density at radius 3 is 2.44 bits per heavy atom. The van der Waals surface area contributed by atoms with Crippen molar-refractivity contribution in [2.24, 2.45) is 5.73 Å². The zero-order chi connectivity index (χ0) is 12.4. The van der Waals surface area contributed by atoms with Crippen molar-refractivity contribution in [3.8, 4) is 0 Å². The second-order valence-corrected chi connectivity index (χ2v) is 5.22. The number of nitrogens with two attached hydrogens (primary N) is 1. The average Bonchev–Trinajstić information content (AvgIpc) is 2.63. The number of amides is 1. The summed E-state index contributed by atoms with van der Waals surface area (Å²) in [5.74, 6) is 0.0799. The van der Waals surface area contributed by atoms with Crippen molar-refractivity contribution in [3.05, 3.63) is 33.8 Å². The molecule has 1 aromatic carbocycles. The summed E-state index contributed by atoms with van der Waals surface area (Å²) in [7, 11) is 0. The summed E-state index contributed by atoms with van der Waals surface area (Å²) in [5.41, 5.74) is 6.61. The molecule has 0 unspecified atom stereocenters. The van der Waals surface area contributed by atoms with E-state index in [9.17, 15) is 4.79 Å². The van der Waals surface area contributed by atoms with Crippen LogP contribution in [0.5, 0.6) is 0 Å². The van der Waals surface area contributed by atoms with Crippen molar-refractivity contribution in [1.82, 2.24) is 4.90 Å². The summed E-state index contributed by atoms with van der Waals surface area (Å²) < 4.78 is 0. The van der Waals surface area contributed by atoms with Crippen molar-refractivity contribution < 1.29 is 4.79 Å². The highest BCUT2D eigenvalue weighted by Crippen LogP contribution is 2.20. The van der Waals surface area contributed by atoms with Crippen LogP contribution in [0.3, 0.4) is 0 Å². The van der Waals surface area contributed by atoms with Crippen molar-refractivity contribution in [3.63, 3.8) is 0 Å². The van der Waals surface area contributed by atoms with E-state index in [0.717, 1.165) is 18.5 Å². The molecule has 3 nitrogen and oxygen atoms in total. The van der Waals surface area contributed by atoms with E-state index < -0.39 is 0 Å². The highest BCUT2D eigenvalue weighted by atomic mass is 35.5. The summed E-state index contributed by atoms with van der Waals surface area (Å²) in [6.45, 7) is 1.39. The molecule has 100 valence electrons. The summed E-state index contributed by atoms with van der Waals surface area (Å²) in [5, 5.41) is 1.11. The van der Waals surface area contributed by atoms with Gasteiger partial charge in [-0.25, -0.2) is 0 Å². The van der Waals surface area contributed by atoms with Gasteiger partial charge in [-0.05, 0) is 30.2 Å². The Hall–Kier alpha value is -0.480. The Kier molecular flexibility index (Phi) is 5.73. The standard InChI is InChI=1S/C12H14Cl2N2O.ClH/c13-9-3-8(4-10(14)6-9)5-12(17)16-2-1-11(15)7-16;/h3-4,6,11H,1-2,5,7,15H2;1H/t11-;/m1./s1. The minimum Gasteiger partial charge on any atom is -0.341 e. The Labute approximate surface area is 123 Å². The number of hydrogen-bond donors (Lipinski definition) is 1. The number of carbonyl (C=O) groups is 1. The molecule has 1 fully saturated rings. The molecule has 6 heteroatoms. The van der Waals surface area contributed by atoms with Crippen LogP contribution in [0.1, 0.15) is 12.0 Å².